The second-order valence-corrected chi connectivity index (χ2v) is 3.35. The van der Waals surface area contributed by atoms with Crippen LogP contribution >= 0.6 is 0 Å². The molecular weight excluding hydrogens is 124 g/mol. The van der Waals surface area contributed by atoms with Crippen molar-refractivity contribution < 1.29 is 0 Å². The van der Waals surface area contributed by atoms with Gasteiger partial charge in [0.15, 0.2) is 0 Å². The third-order valence-electron chi connectivity index (χ3n) is 1.89. The van der Waals surface area contributed by atoms with Crippen LogP contribution in [0, 0.1) is 5.41 Å². The van der Waals surface area contributed by atoms with Crippen molar-refractivity contribution in [1.29, 1.82) is 0 Å². The Morgan fingerprint density at radius 3 is 2.50 bits per heavy atom. The first-order chi connectivity index (χ1) is 4.52. The Morgan fingerprint density at radius 2 is 2.10 bits per heavy atom. The summed E-state index contributed by atoms with van der Waals surface area (Å²) in [4.78, 5) is 0. The van der Waals surface area contributed by atoms with E-state index in [0.29, 0.717) is 0 Å². The van der Waals surface area contributed by atoms with Crippen molar-refractivity contribution in [1.82, 2.24) is 0 Å². The summed E-state index contributed by atoms with van der Waals surface area (Å²) in [6, 6.07) is 0.0970. The minimum Gasteiger partial charge on any atom is -0.399 e. The highest BCUT2D eigenvalue weighted by atomic mass is 14.7. The molecule has 1 atom stereocenters. The molecule has 1 aliphatic rings. The van der Waals surface area contributed by atoms with Crippen LogP contribution in [0.25, 0.3) is 0 Å². The van der Waals surface area contributed by atoms with Gasteiger partial charge in [-0.25, -0.2) is 0 Å². The van der Waals surface area contributed by atoms with Crippen LogP contribution in [0.5, 0.6) is 0 Å². The summed E-state index contributed by atoms with van der Waals surface area (Å²) in [6.07, 6.45) is 5.79. The molecule has 1 aliphatic carbocycles. The summed E-state index contributed by atoms with van der Waals surface area (Å²) < 4.78 is 0. The molecule has 0 aromatic rings. The monoisotopic (exact) mass is 138 g/mol. The van der Waals surface area contributed by atoms with Gasteiger partial charge in [-0.3, -0.25) is 0 Å². The van der Waals surface area contributed by atoms with Crippen molar-refractivity contribution in [3.63, 3.8) is 0 Å². The standard InChI is InChI=1S/C8H14N2/c1-8(2)5-6(9)3-4-7(8)10/h3-5,7H,9-10H2,1-2H3. The van der Waals surface area contributed by atoms with Crippen LogP contribution < -0.4 is 11.5 Å². The van der Waals surface area contributed by atoms with E-state index in [2.05, 4.69) is 13.8 Å². The van der Waals surface area contributed by atoms with Crippen LogP contribution in [0.3, 0.4) is 0 Å². The van der Waals surface area contributed by atoms with Crippen molar-refractivity contribution in [3.8, 4) is 0 Å². The first kappa shape index (κ1) is 7.35. The van der Waals surface area contributed by atoms with Crippen LogP contribution in [0.1, 0.15) is 13.8 Å². The van der Waals surface area contributed by atoms with E-state index in [1.165, 1.54) is 0 Å². The summed E-state index contributed by atoms with van der Waals surface area (Å²) >= 11 is 0. The summed E-state index contributed by atoms with van der Waals surface area (Å²) in [6.45, 7) is 4.15. The fraction of sp³-hybridized carbons (Fsp3) is 0.500. The average molecular weight is 138 g/mol. The van der Waals surface area contributed by atoms with Crippen molar-refractivity contribution in [2.75, 3.05) is 0 Å². The van der Waals surface area contributed by atoms with Gasteiger partial charge < -0.3 is 11.5 Å². The Kier molecular flexibility index (Phi) is 1.57. The topological polar surface area (TPSA) is 52.0 Å². The molecule has 0 fully saturated rings. The fourth-order valence-corrected chi connectivity index (χ4v) is 1.04. The Balaban J connectivity index is 2.88. The molecule has 0 spiro atoms. The summed E-state index contributed by atoms with van der Waals surface area (Å²) in [7, 11) is 0. The van der Waals surface area contributed by atoms with E-state index in [0.717, 1.165) is 5.70 Å². The Morgan fingerprint density at radius 1 is 1.50 bits per heavy atom. The Hall–Kier alpha value is -0.760. The molecule has 0 aromatic carbocycles. The van der Waals surface area contributed by atoms with Crippen molar-refractivity contribution in [2.45, 2.75) is 19.9 Å². The lowest BCUT2D eigenvalue weighted by molar-refractivity contribution is 0.417. The molecular formula is C8H14N2. The molecule has 4 N–H and O–H groups in total. The molecule has 2 heteroatoms. The van der Waals surface area contributed by atoms with E-state index >= 15 is 0 Å². The maximum atomic E-state index is 5.79. The quantitative estimate of drug-likeness (QED) is 0.519. The second-order valence-electron chi connectivity index (χ2n) is 3.35. The number of nitrogens with two attached hydrogens (primary N) is 2. The first-order valence-electron chi connectivity index (χ1n) is 3.44. The summed E-state index contributed by atoms with van der Waals surface area (Å²) in [5.41, 5.74) is 12.2. The van der Waals surface area contributed by atoms with Gasteiger partial charge in [0.25, 0.3) is 0 Å². The second kappa shape index (κ2) is 2.13. The predicted octanol–water partition coefficient (Wildman–Crippen LogP) is 0.752. The highest BCUT2D eigenvalue weighted by Gasteiger charge is 2.24. The van der Waals surface area contributed by atoms with Gasteiger partial charge in [0, 0.05) is 17.2 Å². The van der Waals surface area contributed by atoms with Gasteiger partial charge in [-0.1, -0.05) is 26.0 Å². The lowest BCUT2D eigenvalue weighted by atomic mass is 9.81. The molecule has 0 bridgehead atoms. The van der Waals surface area contributed by atoms with Gasteiger partial charge >= 0.3 is 0 Å². The zero-order valence-electron chi connectivity index (χ0n) is 6.46. The van der Waals surface area contributed by atoms with Gasteiger partial charge in [-0.15, -0.1) is 0 Å². The molecule has 0 radical (unpaired) electrons. The number of rotatable bonds is 0. The summed E-state index contributed by atoms with van der Waals surface area (Å²) in [5, 5.41) is 0. The molecule has 0 aliphatic heterocycles. The van der Waals surface area contributed by atoms with Crippen molar-refractivity contribution in [3.05, 3.63) is 23.9 Å². The van der Waals surface area contributed by atoms with Gasteiger partial charge in [0.2, 0.25) is 0 Å². The zero-order chi connectivity index (χ0) is 7.78. The SMILES string of the molecule is CC1(C)C=C(N)C=CC1N. The molecule has 0 heterocycles. The average Bonchev–Trinajstić information content (AvgIpc) is 1.78. The number of hydrogen-bond acceptors (Lipinski definition) is 2. The molecule has 0 amide bonds. The van der Waals surface area contributed by atoms with Crippen LogP contribution in [-0.4, -0.2) is 6.04 Å². The van der Waals surface area contributed by atoms with E-state index in [1.54, 1.807) is 0 Å². The van der Waals surface area contributed by atoms with E-state index in [9.17, 15) is 0 Å². The smallest absolute Gasteiger partial charge is 0.0315 e. The van der Waals surface area contributed by atoms with Crippen molar-refractivity contribution in [2.24, 2.45) is 16.9 Å². The molecule has 0 saturated carbocycles. The number of allylic oxidation sites excluding steroid dienone is 1. The largest absolute Gasteiger partial charge is 0.399 e. The van der Waals surface area contributed by atoms with Crippen LogP contribution in [0.4, 0.5) is 0 Å². The Labute approximate surface area is 61.6 Å². The molecule has 0 saturated heterocycles. The third kappa shape index (κ3) is 1.21. The maximum absolute atomic E-state index is 5.79. The lowest BCUT2D eigenvalue weighted by Crippen LogP contribution is -2.36. The van der Waals surface area contributed by atoms with E-state index < -0.39 is 0 Å². The van der Waals surface area contributed by atoms with Crippen LogP contribution in [0.2, 0.25) is 0 Å². The fourth-order valence-electron chi connectivity index (χ4n) is 1.04. The third-order valence-corrected chi connectivity index (χ3v) is 1.89. The van der Waals surface area contributed by atoms with Gasteiger partial charge in [-0.2, -0.15) is 0 Å². The highest BCUT2D eigenvalue weighted by Crippen LogP contribution is 2.26. The maximum Gasteiger partial charge on any atom is 0.0315 e. The van der Waals surface area contributed by atoms with Gasteiger partial charge in [0.1, 0.15) is 0 Å². The van der Waals surface area contributed by atoms with Crippen LogP contribution in [0.15, 0.2) is 23.9 Å². The van der Waals surface area contributed by atoms with Gasteiger partial charge in [-0.05, 0) is 6.08 Å². The molecule has 1 unspecified atom stereocenters. The minimum absolute atomic E-state index is 0.0127. The molecule has 56 valence electrons. The van der Waals surface area contributed by atoms with Crippen LogP contribution in [-0.2, 0) is 0 Å². The van der Waals surface area contributed by atoms with E-state index in [-0.39, 0.29) is 11.5 Å². The molecule has 10 heavy (non-hydrogen) atoms. The normalized spacial score (nSPS) is 29.9. The zero-order valence-corrected chi connectivity index (χ0v) is 6.46. The van der Waals surface area contributed by atoms with E-state index in [1.807, 2.05) is 18.2 Å². The summed E-state index contributed by atoms with van der Waals surface area (Å²) in [5.74, 6) is 0. The van der Waals surface area contributed by atoms with Gasteiger partial charge in [0.05, 0.1) is 0 Å². The molecule has 2 nitrogen and oxygen atoms in total. The molecule has 1 rings (SSSR count). The predicted molar refractivity (Wildman–Crippen MR) is 43.2 cm³/mol. The van der Waals surface area contributed by atoms with Crippen molar-refractivity contribution >= 4 is 0 Å². The molecule has 0 aromatic heterocycles. The number of hydrogen-bond donors (Lipinski definition) is 2. The lowest BCUT2D eigenvalue weighted by Gasteiger charge is -2.29. The first-order valence-corrected chi connectivity index (χ1v) is 3.44. The minimum atomic E-state index is 0.0127. The highest BCUT2D eigenvalue weighted by molar-refractivity contribution is 5.27. The van der Waals surface area contributed by atoms with E-state index in [4.69, 9.17) is 11.5 Å². The Bertz CT molecular complexity index is 189.